The van der Waals surface area contributed by atoms with Gasteiger partial charge in [-0.1, -0.05) is 44.2 Å². The molecule has 6 heteroatoms. The maximum absolute atomic E-state index is 5.91. The smallest absolute Gasteiger partial charge is 0.134 e. The van der Waals surface area contributed by atoms with Gasteiger partial charge in [0, 0.05) is 12.4 Å². The zero-order valence-electron chi connectivity index (χ0n) is 19.4. The Labute approximate surface area is 214 Å². The summed E-state index contributed by atoms with van der Waals surface area (Å²) in [7, 11) is 1.66. The van der Waals surface area contributed by atoms with Crippen molar-refractivity contribution >= 4 is 31.9 Å². The van der Waals surface area contributed by atoms with Crippen molar-refractivity contribution in [3.63, 3.8) is 0 Å². The van der Waals surface area contributed by atoms with Crippen LogP contribution in [0.3, 0.4) is 0 Å². The molecule has 0 bridgehead atoms. The van der Waals surface area contributed by atoms with E-state index in [0.29, 0.717) is 0 Å². The Kier molecular flexibility index (Phi) is 10.7. The number of nitrogens with zero attached hydrogens (tertiary/aromatic N) is 2. The van der Waals surface area contributed by atoms with Crippen LogP contribution >= 0.6 is 31.9 Å². The number of ether oxygens (including phenoxy) is 2. The molecule has 0 aliphatic heterocycles. The third kappa shape index (κ3) is 8.42. The molecule has 2 heterocycles. The number of aryl methyl sites for hydroxylation is 2. The van der Waals surface area contributed by atoms with Gasteiger partial charge in [-0.25, -0.2) is 0 Å². The fraction of sp³-hybridized carbons (Fsp3) is 0.407. The predicted octanol–water partition coefficient (Wildman–Crippen LogP) is 8.34. The van der Waals surface area contributed by atoms with Crippen LogP contribution < -0.4 is 9.47 Å². The summed E-state index contributed by atoms with van der Waals surface area (Å²) in [6, 6.07) is 12.2. The summed E-state index contributed by atoms with van der Waals surface area (Å²) in [5, 5.41) is 0. The zero-order valence-corrected chi connectivity index (χ0v) is 22.6. The number of benzene rings is 1. The van der Waals surface area contributed by atoms with Crippen LogP contribution in [-0.2, 0) is 6.42 Å². The lowest BCUT2D eigenvalue weighted by Gasteiger charge is -2.11. The van der Waals surface area contributed by atoms with Crippen LogP contribution in [0.4, 0.5) is 0 Å². The molecule has 0 spiro atoms. The molecule has 0 saturated heterocycles. The van der Waals surface area contributed by atoms with Crippen LogP contribution in [0.25, 0.3) is 11.4 Å². The predicted molar refractivity (Wildman–Crippen MR) is 142 cm³/mol. The Bertz CT molecular complexity index is 992. The van der Waals surface area contributed by atoms with E-state index in [4.69, 9.17) is 9.47 Å². The van der Waals surface area contributed by atoms with E-state index < -0.39 is 0 Å². The first-order valence-electron chi connectivity index (χ1n) is 11.6. The lowest BCUT2D eigenvalue weighted by atomic mass is 10.1. The Morgan fingerprint density at radius 2 is 1.33 bits per heavy atom. The summed E-state index contributed by atoms with van der Waals surface area (Å²) in [5.41, 5.74) is 4.34. The van der Waals surface area contributed by atoms with Gasteiger partial charge in [-0.05, 0) is 93.4 Å². The molecule has 3 aromatic rings. The Hall–Kier alpha value is -1.92. The molecule has 0 unspecified atom stereocenters. The zero-order chi connectivity index (χ0) is 23.5. The van der Waals surface area contributed by atoms with Crippen molar-refractivity contribution in [3.8, 4) is 22.9 Å². The molecule has 0 aliphatic carbocycles. The largest absolute Gasteiger partial charge is 0.496 e. The molecule has 0 atom stereocenters. The second-order valence-electron chi connectivity index (χ2n) is 8.26. The first-order valence-corrected chi connectivity index (χ1v) is 13.2. The number of hydrogen-bond donors (Lipinski definition) is 0. The lowest BCUT2D eigenvalue weighted by molar-refractivity contribution is 0.301. The normalized spacial score (nSPS) is 10.9. The lowest BCUT2D eigenvalue weighted by Crippen LogP contribution is -1.98. The molecule has 0 saturated carbocycles. The highest BCUT2D eigenvalue weighted by Crippen LogP contribution is 2.36. The summed E-state index contributed by atoms with van der Waals surface area (Å²) < 4.78 is 13.0. The van der Waals surface area contributed by atoms with E-state index in [0.717, 1.165) is 51.3 Å². The van der Waals surface area contributed by atoms with Crippen molar-refractivity contribution in [1.82, 2.24) is 9.97 Å². The van der Waals surface area contributed by atoms with Gasteiger partial charge in [0.05, 0.1) is 34.0 Å². The molecule has 2 aromatic heterocycles. The Balaban J connectivity index is 1.23. The minimum Gasteiger partial charge on any atom is -0.496 e. The van der Waals surface area contributed by atoms with E-state index in [9.17, 15) is 0 Å². The van der Waals surface area contributed by atoms with E-state index >= 15 is 0 Å². The molecular weight excluding hydrogens is 544 g/mol. The first-order chi connectivity index (χ1) is 16.1. The molecule has 176 valence electrons. The quantitative estimate of drug-likeness (QED) is 0.192. The van der Waals surface area contributed by atoms with Crippen molar-refractivity contribution in [1.29, 1.82) is 0 Å². The topological polar surface area (TPSA) is 44.2 Å². The number of aromatic nitrogens is 2. The minimum absolute atomic E-state index is 0.735. The third-order valence-electron chi connectivity index (χ3n) is 5.57. The second-order valence-corrected chi connectivity index (χ2v) is 9.97. The number of pyridine rings is 2. The molecule has 33 heavy (non-hydrogen) atoms. The van der Waals surface area contributed by atoms with Crippen LogP contribution in [-0.4, -0.2) is 23.7 Å². The molecule has 0 fully saturated rings. The molecular formula is C27H32Br2N2O2. The van der Waals surface area contributed by atoms with Crippen molar-refractivity contribution in [2.75, 3.05) is 13.7 Å². The van der Waals surface area contributed by atoms with Crippen molar-refractivity contribution < 1.29 is 9.47 Å². The fourth-order valence-electron chi connectivity index (χ4n) is 3.62. The van der Waals surface area contributed by atoms with Gasteiger partial charge in [-0.3, -0.25) is 9.97 Å². The SMILES string of the molecule is COc1cc(Br)c(OCCCCCCCCCc2ccc(-c3ccc(C)cn3)nc2)cc1Br. The Morgan fingerprint density at radius 1 is 0.727 bits per heavy atom. The highest BCUT2D eigenvalue weighted by Gasteiger charge is 2.08. The number of unbranched alkanes of at least 4 members (excludes halogenated alkanes) is 6. The second kappa shape index (κ2) is 13.7. The average Bonchev–Trinajstić information content (AvgIpc) is 2.83. The fourth-order valence-corrected chi connectivity index (χ4v) is 4.54. The van der Waals surface area contributed by atoms with Gasteiger partial charge in [0.1, 0.15) is 11.5 Å². The number of rotatable bonds is 13. The number of halogens is 2. The maximum atomic E-state index is 5.91. The van der Waals surface area contributed by atoms with Crippen molar-refractivity contribution in [2.24, 2.45) is 0 Å². The van der Waals surface area contributed by atoms with E-state index in [2.05, 4.69) is 60.0 Å². The highest BCUT2D eigenvalue weighted by atomic mass is 79.9. The summed E-state index contributed by atoms with van der Waals surface area (Å²) in [4.78, 5) is 9.04. The van der Waals surface area contributed by atoms with Crippen LogP contribution in [0.15, 0.2) is 57.7 Å². The summed E-state index contributed by atoms with van der Waals surface area (Å²) in [6.45, 7) is 2.78. The van der Waals surface area contributed by atoms with Gasteiger partial charge in [-0.15, -0.1) is 0 Å². The summed E-state index contributed by atoms with van der Waals surface area (Å²) >= 11 is 7.04. The first kappa shape index (κ1) is 25.7. The minimum atomic E-state index is 0.735. The molecule has 4 nitrogen and oxygen atoms in total. The van der Waals surface area contributed by atoms with Gasteiger partial charge in [0.15, 0.2) is 0 Å². The molecule has 3 rings (SSSR count). The number of methoxy groups -OCH3 is 1. The summed E-state index contributed by atoms with van der Waals surface area (Å²) in [6.07, 6.45) is 13.6. The van der Waals surface area contributed by atoms with Gasteiger partial charge < -0.3 is 9.47 Å². The van der Waals surface area contributed by atoms with E-state index in [1.54, 1.807) is 7.11 Å². The van der Waals surface area contributed by atoms with Gasteiger partial charge >= 0.3 is 0 Å². The Morgan fingerprint density at radius 3 is 1.97 bits per heavy atom. The molecule has 0 aliphatic rings. The maximum Gasteiger partial charge on any atom is 0.134 e. The van der Waals surface area contributed by atoms with Crippen molar-refractivity contribution in [3.05, 3.63) is 68.9 Å². The standard InChI is InChI=1S/C27H32Br2N2O2/c1-20-11-13-24(30-18-20)25-14-12-21(19-31-25)10-8-6-4-3-5-7-9-15-33-27-17-22(28)26(32-2)16-23(27)29/h11-14,16-19H,3-10,15H2,1-2H3. The van der Waals surface area contributed by atoms with Gasteiger partial charge in [-0.2, -0.15) is 0 Å². The molecule has 0 amide bonds. The van der Waals surface area contributed by atoms with Crippen LogP contribution in [0.1, 0.15) is 56.1 Å². The van der Waals surface area contributed by atoms with E-state index in [-0.39, 0.29) is 0 Å². The van der Waals surface area contributed by atoms with E-state index in [1.807, 2.05) is 37.5 Å². The molecule has 0 radical (unpaired) electrons. The average molecular weight is 576 g/mol. The summed E-state index contributed by atoms with van der Waals surface area (Å²) in [5.74, 6) is 1.64. The van der Waals surface area contributed by atoms with E-state index in [1.165, 1.54) is 49.7 Å². The van der Waals surface area contributed by atoms with Crippen molar-refractivity contribution in [2.45, 2.75) is 58.3 Å². The van der Waals surface area contributed by atoms with Gasteiger partial charge in [0.2, 0.25) is 0 Å². The van der Waals surface area contributed by atoms with Crippen LogP contribution in [0.2, 0.25) is 0 Å². The van der Waals surface area contributed by atoms with Crippen LogP contribution in [0.5, 0.6) is 11.5 Å². The number of hydrogen-bond acceptors (Lipinski definition) is 4. The monoisotopic (exact) mass is 574 g/mol. The van der Waals surface area contributed by atoms with Gasteiger partial charge in [0.25, 0.3) is 0 Å². The third-order valence-corrected chi connectivity index (χ3v) is 6.81. The molecule has 0 N–H and O–H groups in total. The van der Waals surface area contributed by atoms with Crippen LogP contribution in [0, 0.1) is 6.92 Å². The highest BCUT2D eigenvalue weighted by molar-refractivity contribution is 9.11. The molecule has 1 aromatic carbocycles.